The molecule has 1 aliphatic rings. The number of carbonyl (C=O) groups excluding carboxylic acids is 1. The predicted molar refractivity (Wildman–Crippen MR) is 54.6 cm³/mol. The molecule has 1 aliphatic carbocycles. The van der Waals surface area contributed by atoms with Crippen LogP contribution in [0.25, 0.3) is 0 Å². The number of hydrogen-bond donors (Lipinski definition) is 1. The molecule has 1 N–H and O–H groups in total. The first-order valence-corrected chi connectivity index (χ1v) is 5.34. The minimum Gasteiger partial charge on any atom is -0.382 e. The van der Waals surface area contributed by atoms with E-state index in [1.165, 1.54) is 0 Å². The summed E-state index contributed by atoms with van der Waals surface area (Å²) >= 11 is 0. The lowest BCUT2D eigenvalue weighted by Crippen LogP contribution is -2.45. The molecule has 0 heterocycles. The summed E-state index contributed by atoms with van der Waals surface area (Å²) in [7, 11) is 0. The van der Waals surface area contributed by atoms with Crippen molar-refractivity contribution in [3.05, 3.63) is 0 Å². The van der Waals surface area contributed by atoms with Crippen molar-refractivity contribution in [1.29, 1.82) is 0 Å². The van der Waals surface area contributed by atoms with Crippen LogP contribution in [-0.2, 0) is 4.79 Å². The van der Waals surface area contributed by atoms with Gasteiger partial charge in [-0.25, -0.2) is 0 Å². The molecule has 1 rings (SSSR count). The highest BCUT2D eigenvalue weighted by Gasteiger charge is 2.40. The normalized spacial score (nSPS) is 33.6. The molecule has 2 unspecified atom stereocenters. The zero-order chi connectivity index (χ0) is 10.5. The van der Waals surface area contributed by atoms with Gasteiger partial charge in [-0.3, -0.25) is 4.79 Å². The van der Waals surface area contributed by atoms with Gasteiger partial charge in [-0.1, -0.05) is 27.2 Å². The zero-order valence-electron chi connectivity index (χ0n) is 9.26. The van der Waals surface area contributed by atoms with E-state index in [-0.39, 0.29) is 11.7 Å². The van der Waals surface area contributed by atoms with E-state index >= 15 is 0 Å². The molecule has 0 saturated heterocycles. The maximum Gasteiger partial charge on any atom is 0.164 e. The number of carbonyl (C=O) groups is 1. The molecule has 2 atom stereocenters. The number of hydrogen-bond acceptors (Lipinski definition) is 2. The van der Waals surface area contributed by atoms with Gasteiger partial charge in [0.2, 0.25) is 0 Å². The number of ketones is 1. The largest absolute Gasteiger partial charge is 0.382 e. The second kappa shape index (κ2) is 5.38. The first-order valence-electron chi connectivity index (χ1n) is 5.34. The molecular formula is C11H22O2. The monoisotopic (exact) mass is 186 g/mol. The number of Topliss-reactive ketones (excluding diaryl/α,β-unsaturated/α-hetero) is 1. The fraction of sp³-hybridized carbons (Fsp3) is 0.909. The van der Waals surface area contributed by atoms with Crippen LogP contribution in [-0.4, -0.2) is 16.5 Å². The van der Waals surface area contributed by atoms with Crippen molar-refractivity contribution in [2.24, 2.45) is 5.92 Å². The van der Waals surface area contributed by atoms with Crippen LogP contribution in [0.3, 0.4) is 0 Å². The third-order valence-corrected chi connectivity index (χ3v) is 2.81. The molecule has 0 bridgehead atoms. The maximum absolute atomic E-state index is 11.2. The first kappa shape index (κ1) is 12.6. The zero-order valence-corrected chi connectivity index (χ0v) is 9.26. The highest BCUT2D eigenvalue weighted by atomic mass is 16.3. The molecule has 13 heavy (non-hydrogen) atoms. The average molecular weight is 186 g/mol. The van der Waals surface area contributed by atoms with Gasteiger partial charge in [-0.2, -0.15) is 0 Å². The lowest BCUT2D eigenvalue weighted by molar-refractivity contribution is -0.145. The molecule has 0 aliphatic heterocycles. The van der Waals surface area contributed by atoms with Crippen molar-refractivity contribution >= 4 is 5.78 Å². The van der Waals surface area contributed by atoms with Crippen LogP contribution >= 0.6 is 0 Å². The first-order chi connectivity index (χ1) is 6.09. The van der Waals surface area contributed by atoms with Crippen LogP contribution in [0.2, 0.25) is 0 Å². The van der Waals surface area contributed by atoms with E-state index in [4.69, 9.17) is 0 Å². The minimum absolute atomic E-state index is 0.0237. The Kier molecular flexibility index (Phi) is 5.23. The van der Waals surface area contributed by atoms with Crippen molar-refractivity contribution in [2.45, 2.75) is 59.0 Å². The Morgan fingerprint density at radius 3 is 2.46 bits per heavy atom. The molecule has 0 aromatic rings. The summed E-state index contributed by atoms with van der Waals surface area (Å²) in [6.45, 7) is 7.68. The molecule has 78 valence electrons. The number of aliphatic hydroxyl groups is 1. The van der Waals surface area contributed by atoms with Gasteiger partial charge in [-0.15, -0.1) is 0 Å². The minimum atomic E-state index is -1.03. The second-order valence-corrected chi connectivity index (χ2v) is 3.57. The Hall–Kier alpha value is -0.370. The Labute approximate surface area is 81.3 Å². The SMILES string of the molecule is CC.CCC1CCCC(=O)C1(C)O. The Morgan fingerprint density at radius 2 is 2.08 bits per heavy atom. The summed E-state index contributed by atoms with van der Waals surface area (Å²) in [6.07, 6.45) is 3.41. The van der Waals surface area contributed by atoms with Gasteiger partial charge in [0.05, 0.1) is 0 Å². The average Bonchev–Trinajstić information content (AvgIpc) is 2.13. The van der Waals surface area contributed by atoms with Crippen LogP contribution in [0, 0.1) is 5.92 Å². The van der Waals surface area contributed by atoms with Gasteiger partial charge in [0.1, 0.15) is 5.60 Å². The van der Waals surface area contributed by atoms with Crippen molar-refractivity contribution in [2.75, 3.05) is 0 Å². The highest BCUT2D eigenvalue weighted by Crippen LogP contribution is 2.32. The van der Waals surface area contributed by atoms with E-state index in [1.807, 2.05) is 20.8 Å². The molecule has 2 nitrogen and oxygen atoms in total. The lowest BCUT2D eigenvalue weighted by atomic mass is 9.74. The summed E-state index contributed by atoms with van der Waals surface area (Å²) in [5.41, 5.74) is -1.03. The van der Waals surface area contributed by atoms with Crippen LogP contribution < -0.4 is 0 Å². The fourth-order valence-corrected chi connectivity index (χ4v) is 1.87. The molecule has 0 amide bonds. The Balaban J connectivity index is 0.000000671. The summed E-state index contributed by atoms with van der Waals surface area (Å²) in [4.78, 5) is 11.2. The van der Waals surface area contributed by atoms with Gasteiger partial charge in [0.15, 0.2) is 5.78 Å². The van der Waals surface area contributed by atoms with Crippen molar-refractivity contribution in [3.8, 4) is 0 Å². The third kappa shape index (κ3) is 2.80. The number of rotatable bonds is 1. The third-order valence-electron chi connectivity index (χ3n) is 2.81. The predicted octanol–water partition coefficient (Wildman–Crippen LogP) is 2.54. The van der Waals surface area contributed by atoms with Gasteiger partial charge < -0.3 is 5.11 Å². The fourth-order valence-electron chi connectivity index (χ4n) is 1.87. The molecule has 0 aromatic heterocycles. The van der Waals surface area contributed by atoms with Gasteiger partial charge in [-0.05, 0) is 25.7 Å². The van der Waals surface area contributed by atoms with Gasteiger partial charge in [0, 0.05) is 6.42 Å². The van der Waals surface area contributed by atoms with Crippen LogP contribution in [0.1, 0.15) is 53.4 Å². The van der Waals surface area contributed by atoms with Crippen molar-refractivity contribution in [1.82, 2.24) is 0 Å². The van der Waals surface area contributed by atoms with E-state index in [9.17, 15) is 9.90 Å². The Morgan fingerprint density at radius 1 is 1.54 bits per heavy atom. The summed E-state index contributed by atoms with van der Waals surface area (Å²) in [5, 5.41) is 9.75. The van der Waals surface area contributed by atoms with Gasteiger partial charge in [0.25, 0.3) is 0 Å². The standard InChI is InChI=1S/C9H16O2.C2H6/c1-3-7-5-4-6-8(10)9(7,2)11;1-2/h7,11H,3-6H2,1-2H3;1-2H3. The van der Waals surface area contributed by atoms with Crippen LogP contribution in [0.15, 0.2) is 0 Å². The quantitative estimate of drug-likeness (QED) is 0.683. The molecule has 0 aromatic carbocycles. The molecular weight excluding hydrogens is 164 g/mol. The van der Waals surface area contributed by atoms with E-state index < -0.39 is 5.60 Å². The topological polar surface area (TPSA) is 37.3 Å². The molecule has 1 fully saturated rings. The van der Waals surface area contributed by atoms with E-state index in [1.54, 1.807) is 6.92 Å². The van der Waals surface area contributed by atoms with Gasteiger partial charge >= 0.3 is 0 Å². The molecule has 1 saturated carbocycles. The van der Waals surface area contributed by atoms with Crippen molar-refractivity contribution < 1.29 is 9.90 Å². The summed E-state index contributed by atoms with van der Waals surface area (Å²) in [5.74, 6) is 0.208. The van der Waals surface area contributed by atoms with E-state index in [2.05, 4.69) is 0 Å². The molecule has 0 spiro atoms. The summed E-state index contributed by atoms with van der Waals surface area (Å²) in [6, 6.07) is 0. The second-order valence-electron chi connectivity index (χ2n) is 3.57. The van der Waals surface area contributed by atoms with E-state index in [0.29, 0.717) is 6.42 Å². The molecule has 2 heteroatoms. The lowest BCUT2D eigenvalue weighted by Gasteiger charge is -2.34. The highest BCUT2D eigenvalue weighted by molar-refractivity contribution is 5.87. The van der Waals surface area contributed by atoms with Crippen molar-refractivity contribution in [3.63, 3.8) is 0 Å². The Bertz CT molecular complexity index is 161. The van der Waals surface area contributed by atoms with E-state index in [0.717, 1.165) is 19.3 Å². The van der Waals surface area contributed by atoms with Crippen LogP contribution in [0.4, 0.5) is 0 Å². The summed E-state index contributed by atoms with van der Waals surface area (Å²) < 4.78 is 0. The smallest absolute Gasteiger partial charge is 0.164 e. The maximum atomic E-state index is 11.2. The van der Waals surface area contributed by atoms with Crippen LogP contribution in [0.5, 0.6) is 0 Å². The molecule has 0 radical (unpaired) electrons.